The fourth-order valence-corrected chi connectivity index (χ4v) is 1.80. The molecule has 90 valence electrons. The van der Waals surface area contributed by atoms with E-state index in [9.17, 15) is 0 Å². The number of halogens is 1. The van der Waals surface area contributed by atoms with E-state index in [-0.39, 0.29) is 5.41 Å². The quantitative estimate of drug-likeness (QED) is 0.843. The van der Waals surface area contributed by atoms with Gasteiger partial charge < -0.3 is 11.1 Å². The number of nitrogens with one attached hydrogen (secondary N) is 1. The Kier molecular flexibility index (Phi) is 5.15. The van der Waals surface area contributed by atoms with E-state index < -0.39 is 0 Å². The van der Waals surface area contributed by atoms with Crippen LogP contribution in [-0.2, 0) is 0 Å². The Bertz CT molecular complexity index is 328. The van der Waals surface area contributed by atoms with Crippen LogP contribution in [-0.4, -0.2) is 23.1 Å². The van der Waals surface area contributed by atoms with Crippen molar-refractivity contribution in [2.75, 3.05) is 18.4 Å². The molecule has 0 fully saturated rings. The minimum absolute atomic E-state index is 0.226. The monoisotopic (exact) mass is 286 g/mol. The average molecular weight is 287 g/mol. The van der Waals surface area contributed by atoms with Gasteiger partial charge in [0.05, 0.1) is 4.47 Å². The van der Waals surface area contributed by atoms with Gasteiger partial charge in [-0.3, -0.25) is 0 Å². The molecule has 1 heterocycles. The molecule has 0 bridgehead atoms. The van der Waals surface area contributed by atoms with Gasteiger partial charge in [-0.05, 0) is 40.7 Å². The minimum atomic E-state index is 0.226. The van der Waals surface area contributed by atoms with Crippen molar-refractivity contribution in [2.45, 2.75) is 26.7 Å². The molecule has 0 aliphatic rings. The van der Waals surface area contributed by atoms with Crippen molar-refractivity contribution in [3.63, 3.8) is 0 Å². The molecule has 1 rings (SSSR count). The van der Waals surface area contributed by atoms with Crippen molar-refractivity contribution in [1.82, 2.24) is 9.97 Å². The van der Waals surface area contributed by atoms with Gasteiger partial charge in [-0.15, -0.1) is 0 Å². The summed E-state index contributed by atoms with van der Waals surface area (Å²) < 4.78 is 0.893. The summed E-state index contributed by atoms with van der Waals surface area (Å²) in [5, 5.41) is 3.32. The molecular weight excluding hydrogens is 268 g/mol. The summed E-state index contributed by atoms with van der Waals surface area (Å²) in [7, 11) is 0. The molecule has 4 nitrogen and oxygen atoms in total. The summed E-state index contributed by atoms with van der Waals surface area (Å²) in [6, 6.07) is 0. The molecule has 0 saturated heterocycles. The van der Waals surface area contributed by atoms with Gasteiger partial charge in [-0.1, -0.05) is 13.8 Å². The zero-order valence-electron chi connectivity index (χ0n) is 9.83. The molecule has 0 amide bonds. The summed E-state index contributed by atoms with van der Waals surface area (Å²) >= 11 is 3.41. The standard InChI is InChI=1S/C11H19BrN4/c1-11(2,4-3-5-13)7-15-10-9(12)6-14-8-16-10/h6,8H,3-5,7,13H2,1-2H3,(H,14,15,16). The molecule has 0 aliphatic carbocycles. The second-order valence-corrected chi connectivity index (χ2v) is 5.48. The van der Waals surface area contributed by atoms with Crippen LogP contribution in [0.5, 0.6) is 0 Å². The van der Waals surface area contributed by atoms with Gasteiger partial charge in [0.25, 0.3) is 0 Å². The predicted octanol–water partition coefficient (Wildman–Crippen LogP) is 2.42. The first-order valence-electron chi connectivity index (χ1n) is 5.44. The van der Waals surface area contributed by atoms with Crippen LogP contribution < -0.4 is 11.1 Å². The number of hydrogen-bond donors (Lipinski definition) is 2. The number of hydrogen-bond acceptors (Lipinski definition) is 4. The number of anilines is 1. The Morgan fingerprint density at radius 1 is 1.50 bits per heavy atom. The van der Waals surface area contributed by atoms with Gasteiger partial charge in [-0.2, -0.15) is 0 Å². The van der Waals surface area contributed by atoms with Gasteiger partial charge in [0.1, 0.15) is 12.1 Å². The molecule has 0 atom stereocenters. The van der Waals surface area contributed by atoms with E-state index in [1.807, 2.05) is 0 Å². The fraction of sp³-hybridized carbons (Fsp3) is 0.636. The molecule has 0 aliphatic heterocycles. The second kappa shape index (κ2) is 6.15. The highest BCUT2D eigenvalue weighted by Gasteiger charge is 2.17. The summed E-state index contributed by atoms with van der Waals surface area (Å²) in [5.74, 6) is 0.843. The van der Waals surface area contributed by atoms with Crippen LogP contribution in [0.15, 0.2) is 17.0 Å². The molecule has 0 radical (unpaired) electrons. The smallest absolute Gasteiger partial charge is 0.143 e. The summed E-state index contributed by atoms with van der Waals surface area (Å²) in [5.41, 5.74) is 5.74. The van der Waals surface area contributed by atoms with Crippen molar-refractivity contribution >= 4 is 21.7 Å². The highest BCUT2D eigenvalue weighted by molar-refractivity contribution is 9.10. The van der Waals surface area contributed by atoms with E-state index in [0.717, 1.165) is 36.2 Å². The first-order valence-corrected chi connectivity index (χ1v) is 6.24. The Hall–Kier alpha value is -0.680. The van der Waals surface area contributed by atoms with Crippen LogP contribution in [0.1, 0.15) is 26.7 Å². The lowest BCUT2D eigenvalue weighted by Gasteiger charge is -2.25. The Morgan fingerprint density at radius 3 is 2.88 bits per heavy atom. The van der Waals surface area contributed by atoms with Gasteiger partial charge >= 0.3 is 0 Å². The van der Waals surface area contributed by atoms with Gasteiger partial charge in [0.2, 0.25) is 0 Å². The molecule has 5 heteroatoms. The largest absolute Gasteiger partial charge is 0.368 e. The van der Waals surface area contributed by atoms with Crippen LogP contribution in [0.3, 0.4) is 0 Å². The van der Waals surface area contributed by atoms with E-state index in [1.54, 1.807) is 12.5 Å². The highest BCUT2D eigenvalue weighted by atomic mass is 79.9. The van der Waals surface area contributed by atoms with Crippen molar-refractivity contribution < 1.29 is 0 Å². The maximum atomic E-state index is 5.52. The van der Waals surface area contributed by atoms with E-state index in [1.165, 1.54) is 0 Å². The number of nitrogens with zero attached hydrogens (tertiary/aromatic N) is 2. The predicted molar refractivity (Wildman–Crippen MR) is 70.3 cm³/mol. The Morgan fingerprint density at radius 2 is 2.25 bits per heavy atom. The Labute approximate surface area is 105 Å². The number of aromatic nitrogens is 2. The van der Waals surface area contributed by atoms with Crippen molar-refractivity contribution in [1.29, 1.82) is 0 Å². The Balaban J connectivity index is 2.47. The lowest BCUT2D eigenvalue weighted by atomic mass is 9.88. The third kappa shape index (κ3) is 4.45. The summed E-state index contributed by atoms with van der Waals surface area (Å²) in [4.78, 5) is 8.09. The van der Waals surface area contributed by atoms with Crippen molar-refractivity contribution in [3.05, 3.63) is 17.0 Å². The topological polar surface area (TPSA) is 63.8 Å². The molecule has 16 heavy (non-hydrogen) atoms. The number of nitrogens with two attached hydrogens (primary N) is 1. The van der Waals surface area contributed by atoms with Crippen LogP contribution in [0, 0.1) is 5.41 Å². The maximum Gasteiger partial charge on any atom is 0.143 e. The minimum Gasteiger partial charge on any atom is -0.368 e. The lowest BCUT2D eigenvalue weighted by Crippen LogP contribution is -2.24. The summed E-state index contributed by atoms with van der Waals surface area (Å²) in [6.07, 6.45) is 5.45. The molecule has 0 saturated carbocycles. The van der Waals surface area contributed by atoms with Crippen LogP contribution in [0.4, 0.5) is 5.82 Å². The maximum absolute atomic E-state index is 5.52. The van der Waals surface area contributed by atoms with Gasteiger partial charge in [0.15, 0.2) is 0 Å². The lowest BCUT2D eigenvalue weighted by molar-refractivity contribution is 0.350. The van der Waals surface area contributed by atoms with Crippen LogP contribution in [0.2, 0.25) is 0 Å². The zero-order chi connectivity index (χ0) is 12.0. The van der Waals surface area contributed by atoms with E-state index in [4.69, 9.17) is 5.73 Å². The number of rotatable bonds is 6. The first kappa shape index (κ1) is 13.4. The average Bonchev–Trinajstić information content (AvgIpc) is 2.26. The third-order valence-corrected chi connectivity index (χ3v) is 3.04. The van der Waals surface area contributed by atoms with Crippen molar-refractivity contribution in [2.24, 2.45) is 11.1 Å². The summed E-state index contributed by atoms with van der Waals surface area (Å²) in [6.45, 7) is 6.08. The first-order chi connectivity index (χ1) is 7.55. The van der Waals surface area contributed by atoms with E-state index in [2.05, 4.69) is 45.1 Å². The molecule has 0 aromatic carbocycles. The zero-order valence-corrected chi connectivity index (χ0v) is 11.4. The van der Waals surface area contributed by atoms with Gasteiger partial charge in [0, 0.05) is 12.7 Å². The van der Waals surface area contributed by atoms with E-state index in [0.29, 0.717) is 0 Å². The SMILES string of the molecule is CC(C)(CCCN)CNc1ncncc1Br. The second-order valence-electron chi connectivity index (χ2n) is 4.63. The molecule has 1 aromatic heterocycles. The molecule has 0 unspecified atom stereocenters. The molecule has 1 aromatic rings. The fourth-order valence-electron chi connectivity index (χ4n) is 1.43. The van der Waals surface area contributed by atoms with Crippen LogP contribution >= 0.6 is 15.9 Å². The third-order valence-electron chi connectivity index (χ3n) is 2.46. The van der Waals surface area contributed by atoms with Gasteiger partial charge in [-0.25, -0.2) is 9.97 Å². The molecular formula is C11H19BrN4. The van der Waals surface area contributed by atoms with E-state index >= 15 is 0 Å². The van der Waals surface area contributed by atoms with Crippen LogP contribution in [0.25, 0.3) is 0 Å². The normalized spacial score (nSPS) is 11.5. The molecule has 0 spiro atoms. The van der Waals surface area contributed by atoms with Crippen molar-refractivity contribution in [3.8, 4) is 0 Å². The molecule has 3 N–H and O–H groups in total. The highest BCUT2D eigenvalue weighted by Crippen LogP contribution is 2.24.